The minimum atomic E-state index is -0.269. The third kappa shape index (κ3) is 2.99. The van der Waals surface area contributed by atoms with Crippen LogP contribution >= 0.6 is 0 Å². The van der Waals surface area contributed by atoms with E-state index < -0.39 is 0 Å². The van der Waals surface area contributed by atoms with Crippen LogP contribution in [-0.2, 0) is 11.8 Å². The topological polar surface area (TPSA) is 64.2 Å². The maximum Gasteiger partial charge on any atom is 0.268 e. The number of aryl methyl sites for hydroxylation is 1. The van der Waals surface area contributed by atoms with Crippen molar-refractivity contribution in [3.05, 3.63) is 51.9 Å². The van der Waals surface area contributed by atoms with E-state index in [-0.39, 0.29) is 17.2 Å². The molecule has 0 saturated carbocycles. The Morgan fingerprint density at radius 1 is 1.35 bits per heavy atom. The van der Waals surface area contributed by atoms with Gasteiger partial charge in [0.05, 0.1) is 13.2 Å². The molecule has 0 aliphatic carbocycles. The molecule has 1 saturated heterocycles. The fraction of sp³-hybridized carbons (Fsp3) is 0.333. The molecule has 5 nitrogen and oxygen atoms in total. The molecule has 1 aliphatic rings. The summed E-state index contributed by atoms with van der Waals surface area (Å²) >= 11 is 0. The fourth-order valence-corrected chi connectivity index (χ4v) is 2.75. The van der Waals surface area contributed by atoms with E-state index in [2.05, 4.69) is 0 Å². The van der Waals surface area contributed by atoms with Gasteiger partial charge in [0.15, 0.2) is 0 Å². The van der Waals surface area contributed by atoms with E-state index in [4.69, 9.17) is 9.47 Å². The van der Waals surface area contributed by atoms with E-state index in [1.165, 1.54) is 4.57 Å². The zero-order chi connectivity index (χ0) is 16.4. The van der Waals surface area contributed by atoms with Gasteiger partial charge in [0.1, 0.15) is 23.5 Å². The van der Waals surface area contributed by atoms with Crippen LogP contribution < -0.4 is 10.3 Å². The molecule has 1 unspecified atom stereocenters. The third-order valence-electron chi connectivity index (χ3n) is 4.10. The highest BCUT2D eigenvalue weighted by molar-refractivity contribution is 5.69. The lowest BCUT2D eigenvalue weighted by molar-refractivity contribution is 0.141. The molecular formula is C18H18N2O3. The minimum absolute atomic E-state index is 0.116. The van der Waals surface area contributed by atoms with Gasteiger partial charge in [-0.25, -0.2) is 0 Å². The first-order chi connectivity index (χ1) is 11.1. The minimum Gasteiger partial charge on any atom is -0.488 e. The SMILES string of the molecule is Cc1c(-c2ccc(OC3CCOC3)cc2)cn(C)c(=O)c1C#N. The molecule has 23 heavy (non-hydrogen) atoms. The molecule has 1 aliphatic heterocycles. The second-order valence-corrected chi connectivity index (χ2v) is 5.70. The number of aromatic nitrogens is 1. The zero-order valence-corrected chi connectivity index (χ0v) is 13.2. The number of hydrogen-bond donors (Lipinski definition) is 0. The summed E-state index contributed by atoms with van der Waals surface area (Å²) in [6.07, 6.45) is 2.79. The monoisotopic (exact) mass is 310 g/mol. The van der Waals surface area contributed by atoms with Crippen LogP contribution in [0.1, 0.15) is 17.5 Å². The van der Waals surface area contributed by atoms with Crippen molar-refractivity contribution in [1.29, 1.82) is 5.26 Å². The van der Waals surface area contributed by atoms with Gasteiger partial charge in [0.25, 0.3) is 5.56 Å². The van der Waals surface area contributed by atoms with Crippen LogP contribution in [0.25, 0.3) is 11.1 Å². The van der Waals surface area contributed by atoms with Crippen molar-refractivity contribution in [3.8, 4) is 22.9 Å². The molecule has 0 N–H and O–H groups in total. The van der Waals surface area contributed by atoms with Crippen LogP contribution in [-0.4, -0.2) is 23.9 Å². The van der Waals surface area contributed by atoms with E-state index in [1.807, 2.05) is 30.3 Å². The van der Waals surface area contributed by atoms with Crippen molar-refractivity contribution in [2.75, 3.05) is 13.2 Å². The van der Waals surface area contributed by atoms with Crippen LogP contribution in [0.2, 0.25) is 0 Å². The number of ether oxygens (including phenoxy) is 2. The molecule has 118 valence electrons. The van der Waals surface area contributed by atoms with Gasteiger partial charge < -0.3 is 14.0 Å². The Morgan fingerprint density at radius 3 is 2.70 bits per heavy atom. The van der Waals surface area contributed by atoms with Crippen molar-refractivity contribution in [3.63, 3.8) is 0 Å². The summed E-state index contributed by atoms with van der Waals surface area (Å²) < 4.78 is 12.6. The summed E-state index contributed by atoms with van der Waals surface area (Å²) in [6.45, 7) is 3.18. The van der Waals surface area contributed by atoms with Gasteiger partial charge in [0.2, 0.25) is 0 Å². The summed E-state index contributed by atoms with van der Waals surface area (Å²) in [5.41, 5.74) is 2.45. The molecule has 0 bridgehead atoms. The summed E-state index contributed by atoms with van der Waals surface area (Å²) in [6, 6.07) is 9.70. The van der Waals surface area contributed by atoms with Gasteiger partial charge in [-0.15, -0.1) is 0 Å². The lowest BCUT2D eigenvalue weighted by atomic mass is 9.99. The highest BCUT2D eigenvalue weighted by atomic mass is 16.5. The van der Waals surface area contributed by atoms with Gasteiger partial charge in [0, 0.05) is 25.2 Å². The van der Waals surface area contributed by atoms with Crippen LogP contribution in [0.3, 0.4) is 0 Å². The highest BCUT2D eigenvalue weighted by Crippen LogP contribution is 2.26. The van der Waals surface area contributed by atoms with Crippen molar-refractivity contribution >= 4 is 0 Å². The predicted octanol–water partition coefficient (Wildman–Crippen LogP) is 2.40. The van der Waals surface area contributed by atoms with E-state index in [9.17, 15) is 10.1 Å². The zero-order valence-electron chi connectivity index (χ0n) is 13.2. The van der Waals surface area contributed by atoms with E-state index in [0.717, 1.165) is 29.9 Å². The first kappa shape index (κ1) is 15.3. The Bertz CT molecular complexity index is 810. The lowest BCUT2D eigenvalue weighted by Crippen LogP contribution is -2.21. The largest absolute Gasteiger partial charge is 0.488 e. The normalized spacial score (nSPS) is 17.0. The molecule has 5 heteroatoms. The van der Waals surface area contributed by atoms with Gasteiger partial charge in [-0.1, -0.05) is 12.1 Å². The Morgan fingerprint density at radius 2 is 2.09 bits per heavy atom. The molecule has 1 fully saturated rings. The first-order valence-corrected chi connectivity index (χ1v) is 7.55. The Kier molecular flexibility index (Phi) is 4.18. The molecule has 0 amide bonds. The smallest absolute Gasteiger partial charge is 0.268 e. The Balaban J connectivity index is 1.92. The number of pyridine rings is 1. The molecular weight excluding hydrogens is 292 g/mol. The summed E-state index contributed by atoms with van der Waals surface area (Å²) in [4.78, 5) is 12.0. The lowest BCUT2D eigenvalue weighted by Gasteiger charge is -2.13. The van der Waals surface area contributed by atoms with E-state index in [1.54, 1.807) is 20.2 Å². The molecule has 0 radical (unpaired) electrons. The second kappa shape index (κ2) is 6.27. The quantitative estimate of drug-likeness (QED) is 0.873. The molecule has 2 aromatic rings. The van der Waals surface area contributed by atoms with Gasteiger partial charge in [-0.2, -0.15) is 5.26 Å². The second-order valence-electron chi connectivity index (χ2n) is 5.70. The number of rotatable bonds is 3. The molecule has 2 heterocycles. The molecule has 1 aromatic carbocycles. The van der Waals surface area contributed by atoms with Crippen LogP contribution in [0.4, 0.5) is 0 Å². The van der Waals surface area contributed by atoms with Gasteiger partial charge in [-0.05, 0) is 30.2 Å². The van der Waals surface area contributed by atoms with Crippen molar-refractivity contribution in [2.24, 2.45) is 7.05 Å². The third-order valence-corrected chi connectivity index (χ3v) is 4.10. The van der Waals surface area contributed by atoms with Crippen molar-refractivity contribution in [2.45, 2.75) is 19.4 Å². The standard InChI is InChI=1S/C18H18N2O3/c1-12-16(9-19)18(21)20(2)10-17(12)13-3-5-14(6-4-13)23-15-7-8-22-11-15/h3-6,10,15H,7-8,11H2,1-2H3. The van der Waals surface area contributed by atoms with Crippen LogP contribution in [0.15, 0.2) is 35.3 Å². The van der Waals surface area contributed by atoms with Crippen LogP contribution in [0.5, 0.6) is 5.75 Å². The molecule has 1 atom stereocenters. The van der Waals surface area contributed by atoms with Gasteiger partial charge >= 0.3 is 0 Å². The molecule has 1 aromatic heterocycles. The number of nitriles is 1. The summed E-state index contributed by atoms with van der Waals surface area (Å²) in [7, 11) is 1.66. The van der Waals surface area contributed by atoms with E-state index in [0.29, 0.717) is 12.2 Å². The maximum absolute atomic E-state index is 12.0. The molecule has 0 spiro atoms. The Hall–Kier alpha value is -2.58. The van der Waals surface area contributed by atoms with Gasteiger partial charge in [-0.3, -0.25) is 4.79 Å². The number of nitrogens with zero attached hydrogens (tertiary/aromatic N) is 2. The highest BCUT2D eigenvalue weighted by Gasteiger charge is 2.17. The van der Waals surface area contributed by atoms with Crippen molar-refractivity contribution < 1.29 is 9.47 Å². The summed E-state index contributed by atoms with van der Waals surface area (Å²) in [5, 5.41) is 9.20. The van der Waals surface area contributed by atoms with Crippen molar-refractivity contribution in [1.82, 2.24) is 4.57 Å². The predicted molar refractivity (Wildman–Crippen MR) is 86.4 cm³/mol. The maximum atomic E-state index is 12.0. The van der Waals surface area contributed by atoms with E-state index >= 15 is 0 Å². The number of hydrogen-bond acceptors (Lipinski definition) is 4. The molecule has 3 rings (SSSR count). The van der Waals surface area contributed by atoms with Crippen LogP contribution in [0, 0.1) is 18.3 Å². The number of benzene rings is 1. The summed E-state index contributed by atoms with van der Waals surface area (Å²) in [5.74, 6) is 0.798. The fourth-order valence-electron chi connectivity index (χ4n) is 2.75. The average molecular weight is 310 g/mol. The Labute approximate surface area is 134 Å². The first-order valence-electron chi connectivity index (χ1n) is 7.55. The average Bonchev–Trinajstić information content (AvgIpc) is 3.05.